The number of anilines is 1. The number of carbonyl (C=O) groups excluding carboxylic acids is 2. The first kappa shape index (κ1) is 34.9. The number of methoxy groups -OCH3 is 2. The molecule has 12 heteroatoms. The number of nitrogens with zero attached hydrogens (tertiary/aromatic N) is 2. The Labute approximate surface area is 273 Å². The molecule has 0 bridgehead atoms. The molecule has 4 aromatic rings. The molecule has 9 nitrogen and oxygen atoms in total. The molecular weight excluding hydrogens is 628 g/mol. The van der Waals surface area contributed by atoms with Gasteiger partial charge in [0, 0.05) is 31.1 Å². The molecule has 0 unspecified atom stereocenters. The highest BCUT2D eigenvalue weighted by Gasteiger charge is 2.35. The number of ether oxygens (including phenoxy) is 2. The van der Waals surface area contributed by atoms with E-state index in [9.17, 15) is 22.4 Å². The lowest BCUT2D eigenvalue weighted by atomic mass is 10.0. The van der Waals surface area contributed by atoms with Crippen LogP contribution in [0.4, 0.5) is 14.5 Å². The molecule has 0 fully saturated rings. The second-order valence-corrected chi connectivity index (χ2v) is 12.5. The number of halogens is 2. The summed E-state index contributed by atoms with van der Waals surface area (Å²) >= 11 is 0. The lowest BCUT2D eigenvalue weighted by Gasteiger charge is -2.34. The van der Waals surface area contributed by atoms with Crippen LogP contribution in [-0.4, -0.2) is 58.5 Å². The van der Waals surface area contributed by atoms with Gasteiger partial charge in [0.2, 0.25) is 11.8 Å². The van der Waals surface area contributed by atoms with Crippen molar-refractivity contribution in [2.24, 2.45) is 0 Å². The van der Waals surface area contributed by atoms with E-state index in [4.69, 9.17) is 9.47 Å². The van der Waals surface area contributed by atoms with Gasteiger partial charge < -0.3 is 19.7 Å². The fourth-order valence-corrected chi connectivity index (χ4v) is 6.40. The fourth-order valence-electron chi connectivity index (χ4n) is 4.97. The molecule has 0 aliphatic rings. The third kappa shape index (κ3) is 8.64. The van der Waals surface area contributed by atoms with Crippen LogP contribution in [0, 0.1) is 11.6 Å². The predicted molar refractivity (Wildman–Crippen MR) is 175 cm³/mol. The third-order valence-corrected chi connectivity index (χ3v) is 9.23. The molecule has 0 heterocycles. The zero-order chi connectivity index (χ0) is 34.0. The maximum Gasteiger partial charge on any atom is 0.264 e. The Hall–Kier alpha value is -4.97. The standard InChI is InChI=1S/C35H37F2N3O6S/c1-4-20-38-35(42)31(21-25-10-6-5-7-11-25)39(23-26-12-8-9-13-30(26)37)34(41)24-40(28-16-14-27(36)15-17-28)47(43,44)29-18-19-32(45-2)33(22-29)46-3/h5-19,22,31H,4,20-21,23-24H2,1-3H3,(H,38,42)/t31-/m0/s1. The van der Waals surface area contributed by atoms with E-state index in [0.717, 1.165) is 22.0 Å². The van der Waals surface area contributed by atoms with E-state index in [1.165, 1.54) is 67.7 Å². The number of hydrogen-bond donors (Lipinski definition) is 1. The Kier molecular flexibility index (Phi) is 11.9. The van der Waals surface area contributed by atoms with Crippen LogP contribution < -0.4 is 19.1 Å². The van der Waals surface area contributed by atoms with Crippen LogP contribution >= 0.6 is 0 Å². The van der Waals surface area contributed by atoms with Crippen LogP contribution in [0.25, 0.3) is 0 Å². The number of sulfonamides is 1. The van der Waals surface area contributed by atoms with Gasteiger partial charge in [0.15, 0.2) is 11.5 Å². The lowest BCUT2D eigenvalue weighted by molar-refractivity contribution is -0.140. The van der Waals surface area contributed by atoms with Crippen molar-refractivity contribution < 1.29 is 36.3 Å². The third-order valence-electron chi connectivity index (χ3n) is 7.46. The summed E-state index contributed by atoms with van der Waals surface area (Å²) in [4.78, 5) is 29.1. The number of nitrogens with one attached hydrogen (secondary N) is 1. The smallest absolute Gasteiger partial charge is 0.264 e. The highest BCUT2D eigenvalue weighted by molar-refractivity contribution is 7.92. The Balaban J connectivity index is 1.82. The number of benzene rings is 4. The van der Waals surface area contributed by atoms with E-state index < -0.39 is 46.1 Å². The van der Waals surface area contributed by atoms with Crippen molar-refractivity contribution in [1.29, 1.82) is 0 Å². The molecule has 0 saturated carbocycles. The molecule has 47 heavy (non-hydrogen) atoms. The van der Waals surface area contributed by atoms with Crippen molar-refractivity contribution in [3.8, 4) is 11.5 Å². The van der Waals surface area contributed by atoms with Gasteiger partial charge in [-0.15, -0.1) is 0 Å². The van der Waals surface area contributed by atoms with Crippen LogP contribution in [0.15, 0.2) is 102 Å². The lowest BCUT2D eigenvalue weighted by Crippen LogP contribution is -2.53. The van der Waals surface area contributed by atoms with Crippen LogP contribution in [-0.2, 0) is 32.6 Å². The highest BCUT2D eigenvalue weighted by Crippen LogP contribution is 2.32. The normalized spacial score (nSPS) is 11.8. The van der Waals surface area contributed by atoms with E-state index in [2.05, 4.69) is 5.32 Å². The summed E-state index contributed by atoms with van der Waals surface area (Å²) in [5.74, 6) is -2.04. The van der Waals surface area contributed by atoms with Gasteiger partial charge in [-0.2, -0.15) is 0 Å². The van der Waals surface area contributed by atoms with Crippen molar-refractivity contribution >= 4 is 27.5 Å². The highest BCUT2D eigenvalue weighted by atomic mass is 32.2. The Morgan fingerprint density at radius 2 is 1.51 bits per heavy atom. The molecule has 0 aliphatic carbocycles. The minimum Gasteiger partial charge on any atom is -0.493 e. The minimum absolute atomic E-state index is 0.00424. The molecule has 1 N–H and O–H groups in total. The van der Waals surface area contributed by atoms with E-state index >= 15 is 4.39 Å². The van der Waals surface area contributed by atoms with Crippen molar-refractivity contribution in [2.75, 3.05) is 31.6 Å². The Morgan fingerprint density at radius 3 is 2.15 bits per heavy atom. The Morgan fingerprint density at radius 1 is 0.851 bits per heavy atom. The van der Waals surface area contributed by atoms with Gasteiger partial charge >= 0.3 is 0 Å². The first-order valence-electron chi connectivity index (χ1n) is 14.9. The van der Waals surface area contributed by atoms with Crippen molar-refractivity contribution in [3.63, 3.8) is 0 Å². The zero-order valence-electron chi connectivity index (χ0n) is 26.4. The predicted octanol–water partition coefficient (Wildman–Crippen LogP) is 5.34. The quantitative estimate of drug-likeness (QED) is 0.184. The molecule has 0 radical (unpaired) electrons. The first-order chi connectivity index (χ1) is 22.6. The molecule has 0 spiro atoms. The van der Waals surface area contributed by atoms with Gasteiger partial charge in [-0.05, 0) is 54.4 Å². The summed E-state index contributed by atoms with van der Waals surface area (Å²) in [7, 11) is -1.74. The summed E-state index contributed by atoms with van der Waals surface area (Å²) in [6, 6.07) is 22.3. The van der Waals surface area contributed by atoms with E-state index in [1.54, 1.807) is 30.3 Å². The van der Waals surface area contributed by atoms with Crippen LogP contribution in [0.1, 0.15) is 24.5 Å². The van der Waals surface area contributed by atoms with Crippen LogP contribution in [0.3, 0.4) is 0 Å². The van der Waals surface area contributed by atoms with Gasteiger partial charge in [-0.1, -0.05) is 55.5 Å². The second-order valence-electron chi connectivity index (χ2n) is 10.6. The average molecular weight is 666 g/mol. The maximum absolute atomic E-state index is 15.0. The second kappa shape index (κ2) is 16.0. The minimum atomic E-state index is -4.50. The molecular formula is C35H37F2N3O6S. The summed E-state index contributed by atoms with van der Waals surface area (Å²) < 4.78 is 68.8. The van der Waals surface area contributed by atoms with E-state index in [0.29, 0.717) is 13.0 Å². The van der Waals surface area contributed by atoms with Crippen molar-refractivity contribution in [1.82, 2.24) is 10.2 Å². The zero-order valence-corrected chi connectivity index (χ0v) is 27.2. The van der Waals surface area contributed by atoms with Crippen LogP contribution in [0.5, 0.6) is 11.5 Å². The molecule has 1 atom stereocenters. The fraction of sp³-hybridized carbons (Fsp3) is 0.257. The summed E-state index contributed by atoms with van der Waals surface area (Å²) in [5.41, 5.74) is 0.873. The van der Waals surface area contributed by atoms with Gasteiger partial charge in [0.1, 0.15) is 24.2 Å². The molecule has 4 rings (SSSR count). The number of carbonyl (C=O) groups is 2. The van der Waals surface area contributed by atoms with Gasteiger partial charge in [0.05, 0.1) is 24.8 Å². The van der Waals surface area contributed by atoms with Crippen LogP contribution in [0.2, 0.25) is 0 Å². The summed E-state index contributed by atoms with van der Waals surface area (Å²) in [6.45, 7) is 1.11. The molecule has 0 aromatic heterocycles. The number of hydrogen-bond acceptors (Lipinski definition) is 6. The maximum atomic E-state index is 15.0. The number of rotatable bonds is 15. The molecule has 0 aliphatic heterocycles. The molecule has 248 valence electrons. The van der Waals surface area contributed by atoms with Gasteiger partial charge in [0.25, 0.3) is 10.0 Å². The average Bonchev–Trinajstić information content (AvgIpc) is 3.08. The Bertz CT molecular complexity index is 1770. The topological polar surface area (TPSA) is 105 Å². The SMILES string of the molecule is CCCNC(=O)[C@H](Cc1ccccc1)N(Cc1ccccc1F)C(=O)CN(c1ccc(F)cc1)S(=O)(=O)c1ccc(OC)c(OC)c1. The van der Waals surface area contributed by atoms with E-state index in [-0.39, 0.29) is 40.6 Å². The summed E-state index contributed by atoms with van der Waals surface area (Å²) in [5, 5.41) is 2.83. The molecule has 0 saturated heterocycles. The van der Waals surface area contributed by atoms with Gasteiger partial charge in [-0.3, -0.25) is 13.9 Å². The monoisotopic (exact) mass is 665 g/mol. The molecule has 2 amide bonds. The van der Waals surface area contributed by atoms with E-state index in [1.807, 2.05) is 13.0 Å². The number of amides is 2. The van der Waals surface area contributed by atoms with Gasteiger partial charge in [-0.25, -0.2) is 17.2 Å². The largest absolute Gasteiger partial charge is 0.493 e. The van der Waals surface area contributed by atoms with Crippen molar-refractivity contribution in [2.45, 2.75) is 37.2 Å². The van der Waals surface area contributed by atoms with Crippen molar-refractivity contribution in [3.05, 3.63) is 120 Å². The molecule has 4 aromatic carbocycles. The summed E-state index contributed by atoms with van der Waals surface area (Å²) in [6.07, 6.45) is 0.711. The first-order valence-corrected chi connectivity index (χ1v) is 16.4.